The first kappa shape index (κ1) is 12.9. The smallest absolute Gasteiger partial charge is 0.165 e. The van der Waals surface area contributed by atoms with Crippen molar-refractivity contribution in [3.8, 4) is 11.5 Å². The Bertz CT molecular complexity index is 792. The number of anilines is 1. The molecule has 1 aromatic heterocycles. The Morgan fingerprint density at radius 2 is 1.90 bits per heavy atom. The van der Waals surface area contributed by atoms with Crippen LogP contribution in [-0.4, -0.2) is 4.98 Å². The molecule has 3 rings (SSSR count). The van der Waals surface area contributed by atoms with Crippen molar-refractivity contribution in [3.05, 3.63) is 59.1 Å². The maximum Gasteiger partial charge on any atom is 0.165 e. The van der Waals surface area contributed by atoms with Gasteiger partial charge < -0.3 is 10.5 Å². The number of pyridine rings is 1. The summed E-state index contributed by atoms with van der Waals surface area (Å²) in [5.41, 5.74) is 6.50. The molecule has 0 radical (unpaired) electrons. The molecule has 1 heterocycles. The third-order valence-electron chi connectivity index (χ3n) is 2.92. The van der Waals surface area contributed by atoms with Gasteiger partial charge in [0.2, 0.25) is 0 Å². The van der Waals surface area contributed by atoms with E-state index in [0.717, 1.165) is 15.2 Å². The van der Waals surface area contributed by atoms with Gasteiger partial charge in [0, 0.05) is 33.3 Å². The molecule has 0 saturated carbocycles. The predicted octanol–water partition coefficient (Wildman–Crippen LogP) is 4.51. The van der Waals surface area contributed by atoms with Crippen LogP contribution in [0.1, 0.15) is 0 Å². The second kappa shape index (κ2) is 5.09. The lowest BCUT2D eigenvalue weighted by atomic mass is 10.1. The highest BCUT2D eigenvalue weighted by Gasteiger charge is 2.09. The summed E-state index contributed by atoms with van der Waals surface area (Å²) in [6.45, 7) is 0. The third kappa shape index (κ3) is 2.32. The first-order chi connectivity index (χ1) is 9.65. The van der Waals surface area contributed by atoms with Crippen molar-refractivity contribution in [2.75, 3.05) is 5.73 Å². The van der Waals surface area contributed by atoms with E-state index in [1.54, 1.807) is 42.7 Å². The van der Waals surface area contributed by atoms with Gasteiger partial charge in [-0.2, -0.15) is 0 Å². The zero-order chi connectivity index (χ0) is 14.1. The largest absolute Gasteiger partial charge is 0.454 e. The van der Waals surface area contributed by atoms with E-state index in [0.29, 0.717) is 11.4 Å². The Hall–Kier alpha value is -2.14. The van der Waals surface area contributed by atoms with Gasteiger partial charge in [0.25, 0.3) is 0 Å². The van der Waals surface area contributed by atoms with Gasteiger partial charge in [-0.1, -0.05) is 15.9 Å². The van der Waals surface area contributed by atoms with Gasteiger partial charge in [-0.25, -0.2) is 4.39 Å². The van der Waals surface area contributed by atoms with Crippen molar-refractivity contribution in [3.63, 3.8) is 0 Å². The summed E-state index contributed by atoms with van der Waals surface area (Å²) in [5, 5.41) is 1.57. The van der Waals surface area contributed by atoms with Crippen LogP contribution in [0.5, 0.6) is 11.5 Å². The first-order valence-corrected chi connectivity index (χ1v) is 6.69. The van der Waals surface area contributed by atoms with E-state index in [4.69, 9.17) is 10.5 Å². The van der Waals surface area contributed by atoms with Gasteiger partial charge in [0.05, 0.1) is 0 Å². The molecule has 0 aliphatic rings. The molecule has 0 unspecified atom stereocenters. The maximum absolute atomic E-state index is 13.8. The molecule has 3 aromatic rings. The summed E-state index contributed by atoms with van der Waals surface area (Å²) >= 11 is 3.29. The summed E-state index contributed by atoms with van der Waals surface area (Å²) in [4.78, 5) is 4.04. The summed E-state index contributed by atoms with van der Waals surface area (Å²) in [7, 11) is 0. The fraction of sp³-hybridized carbons (Fsp3) is 0. The molecule has 0 aliphatic carbocycles. The molecule has 0 aliphatic heterocycles. The number of hydrogen-bond acceptors (Lipinski definition) is 3. The van der Waals surface area contributed by atoms with Crippen molar-refractivity contribution in [2.24, 2.45) is 0 Å². The number of nitrogens with zero attached hydrogens (tertiary/aromatic N) is 1. The molecule has 0 bridgehead atoms. The van der Waals surface area contributed by atoms with E-state index < -0.39 is 5.82 Å². The average Bonchev–Trinajstić information content (AvgIpc) is 2.46. The second-order valence-corrected chi connectivity index (χ2v) is 5.17. The predicted molar refractivity (Wildman–Crippen MR) is 80.3 cm³/mol. The van der Waals surface area contributed by atoms with E-state index >= 15 is 0 Å². The molecule has 0 saturated heterocycles. The van der Waals surface area contributed by atoms with Crippen LogP contribution in [0.2, 0.25) is 0 Å². The van der Waals surface area contributed by atoms with Crippen LogP contribution in [0.4, 0.5) is 10.1 Å². The lowest BCUT2D eigenvalue weighted by molar-refractivity contribution is 0.446. The Balaban J connectivity index is 2.11. The molecule has 3 nitrogen and oxygen atoms in total. The monoisotopic (exact) mass is 332 g/mol. The minimum atomic E-state index is -0.424. The van der Waals surface area contributed by atoms with Crippen LogP contribution < -0.4 is 10.5 Å². The molecule has 2 aromatic carbocycles. The number of hydrogen-bond donors (Lipinski definition) is 1. The van der Waals surface area contributed by atoms with Crippen LogP contribution in [0.3, 0.4) is 0 Å². The molecule has 0 fully saturated rings. The van der Waals surface area contributed by atoms with Gasteiger partial charge in [0.1, 0.15) is 5.75 Å². The fourth-order valence-electron chi connectivity index (χ4n) is 1.95. The molecular weight excluding hydrogens is 323 g/mol. The summed E-state index contributed by atoms with van der Waals surface area (Å²) < 4.78 is 20.2. The normalized spacial score (nSPS) is 10.7. The SMILES string of the molecule is Nc1ccc(Oc2cc(Br)ccc2F)c2ccncc12. The minimum Gasteiger partial charge on any atom is -0.454 e. The van der Waals surface area contributed by atoms with E-state index in [1.165, 1.54) is 6.07 Å². The van der Waals surface area contributed by atoms with Crippen LogP contribution in [0.15, 0.2) is 53.3 Å². The van der Waals surface area contributed by atoms with Crippen LogP contribution in [-0.2, 0) is 0 Å². The summed E-state index contributed by atoms with van der Waals surface area (Å²) in [6.07, 6.45) is 3.31. The van der Waals surface area contributed by atoms with Gasteiger partial charge in [-0.05, 0) is 36.4 Å². The van der Waals surface area contributed by atoms with Crippen LogP contribution >= 0.6 is 15.9 Å². The van der Waals surface area contributed by atoms with Gasteiger partial charge in [-0.15, -0.1) is 0 Å². The van der Waals surface area contributed by atoms with Crippen molar-refractivity contribution < 1.29 is 9.13 Å². The Kier molecular flexibility index (Phi) is 3.28. The van der Waals surface area contributed by atoms with Gasteiger partial charge in [0.15, 0.2) is 11.6 Å². The number of ether oxygens (including phenoxy) is 1. The highest BCUT2D eigenvalue weighted by molar-refractivity contribution is 9.10. The number of benzene rings is 2. The van der Waals surface area contributed by atoms with E-state index in [-0.39, 0.29) is 5.75 Å². The molecule has 0 atom stereocenters. The van der Waals surface area contributed by atoms with Crippen LogP contribution in [0.25, 0.3) is 10.8 Å². The maximum atomic E-state index is 13.8. The molecule has 2 N–H and O–H groups in total. The highest BCUT2D eigenvalue weighted by atomic mass is 79.9. The molecule has 0 amide bonds. The Morgan fingerprint density at radius 3 is 2.75 bits per heavy atom. The zero-order valence-electron chi connectivity index (χ0n) is 10.3. The lowest BCUT2D eigenvalue weighted by Gasteiger charge is -2.11. The molecule has 5 heteroatoms. The Morgan fingerprint density at radius 1 is 1.05 bits per heavy atom. The fourth-order valence-corrected chi connectivity index (χ4v) is 2.29. The van der Waals surface area contributed by atoms with Gasteiger partial charge >= 0.3 is 0 Å². The second-order valence-electron chi connectivity index (χ2n) is 4.25. The van der Waals surface area contributed by atoms with Crippen LogP contribution in [0, 0.1) is 5.82 Å². The zero-order valence-corrected chi connectivity index (χ0v) is 11.9. The highest BCUT2D eigenvalue weighted by Crippen LogP contribution is 2.34. The number of nitrogens with two attached hydrogens (primary N) is 1. The number of nitrogen functional groups attached to an aromatic ring is 1. The van der Waals surface area contributed by atoms with E-state index in [1.807, 2.05) is 0 Å². The minimum absolute atomic E-state index is 0.155. The van der Waals surface area contributed by atoms with E-state index in [2.05, 4.69) is 20.9 Å². The third-order valence-corrected chi connectivity index (χ3v) is 3.42. The molecule has 20 heavy (non-hydrogen) atoms. The number of fused-ring (bicyclic) bond motifs is 1. The molecule has 0 spiro atoms. The standard InChI is InChI=1S/C15H10BrFN2O/c16-9-1-2-12(17)15(7-9)20-14-4-3-13(18)11-8-19-6-5-10(11)14/h1-8H,18H2. The van der Waals surface area contributed by atoms with Crippen molar-refractivity contribution in [2.45, 2.75) is 0 Å². The van der Waals surface area contributed by atoms with Crippen molar-refractivity contribution in [1.82, 2.24) is 4.98 Å². The summed E-state index contributed by atoms with van der Waals surface area (Å²) in [6, 6.07) is 9.77. The van der Waals surface area contributed by atoms with Crippen molar-refractivity contribution in [1.29, 1.82) is 0 Å². The van der Waals surface area contributed by atoms with Gasteiger partial charge in [-0.3, -0.25) is 4.98 Å². The molecular formula is C15H10BrFN2O. The molecule has 100 valence electrons. The first-order valence-electron chi connectivity index (χ1n) is 5.90. The number of rotatable bonds is 2. The number of aromatic nitrogens is 1. The lowest BCUT2D eigenvalue weighted by Crippen LogP contribution is -1.93. The Labute approximate surface area is 123 Å². The van der Waals surface area contributed by atoms with E-state index in [9.17, 15) is 4.39 Å². The summed E-state index contributed by atoms with van der Waals surface area (Å²) in [5.74, 6) is 0.267. The topological polar surface area (TPSA) is 48.1 Å². The quantitative estimate of drug-likeness (QED) is 0.702. The number of halogens is 2. The van der Waals surface area contributed by atoms with Crippen molar-refractivity contribution >= 4 is 32.4 Å². The average molecular weight is 333 g/mol.